The maximum atomic E-state index is 11.8. The molecule has 3 fully saturated rings. The minimum atomic E-state index is -0.128. The van der Waals surface area contributed by atoms with Gasteiger partial charge in [0.1, 0.15) is 0 Å². The molecule has 3 heteroatoms. The van der Waals surface area contributed by atoms with E-state index in [0.717, 1.165) is 32.2 Å². The predicted octanol–water partition coefficient (Wildman–Crippen LogP) is 2.76. The van der Waals surface area contributed by atoms with Crippen molar-refractivity contribution >= 4 is 5.78 Å². The number of fused-ring (bicyclic) bond motifs is 5. The van der Waals surface area contributed by atoms with Crippen molar-refractivity contribution in [2.24, 2.45) is 28.6 Å². The highest BCUT2D eigenvalue weighted by atomic mass is 16.3. The smallest absolute Gasteiger partial charge is 0.180 e. The molecular formula is C19H27NO2. The van der Waals surface area contributed by atoms with E-state index in [0.29, 0.717) is 17.8 Å². The molecule has 2 saturated carbocycles. The normalized spacial score (nSPS) is 50.3. The number of rotatable bonds is 0. The van der Waals surface area contributed by atoms with Crippen molar-refractivity contribution in [3.63, 3.8) is 0 Å². The average Bonchev–Trinajstić information content (AvgIpc) is 2.77. The van der Waals surface area contributed by atoms with Gasteiger partial charge in [-0.3, -0.25) is 4.79 Å². The highest BCUT2D eigenvalue weighted by molar-refractivity contribution is 6.01. The van der Waals surface area contributed by atoms with E-state index in [-0.39, 0.29) is 22.7 Å². The van der Waals surface area contributed by atoms with Crippen LogP contribution in [0.1, 0.15) is 39.5 Å². The number of carbonyl (C=O) groups is 1. The third-order valence-electron chi connectivity index (χ3n) is 7.48. The van der Waals surface area contributed by atoms with E-state index in [1.165, 1.54) is 5.70 Å². The van der Waals surface area contributed by atoms with Crippen LogP contribution in [0.4, 0.5) is 0 Å². The fraction of sp³-hybridized carbons (Fsp3) is 0.737. The first-order valence-electron chi connectivity index (χ1n) is 8.71. The fourth-order valence-electron chi connectivity index (χ4n) is 6.19. The van der Waals surface area contributed by atoms with Gasteiger partial charge in [-0.15, -0.1) is 0 Å². The Morgan fingerprint density at radius 3 is 2.77 bits per heavy atom. The van der Waals surface area contributed by atoms with Gasteiger partial charge in [0.25, 0.3) is 0 Å². The molecule has 0 aromatic heterocycles. The summed E-state index contributed by atoms with van der Waals surface area (Å²) in [6.07, 6.45) is 10.0. The molecule has 120 valence electrons. The lowest BCUT2D eigenvalue weighted by Crippen LogP contribution is -2.56. The van der Waals surface area contributed by atoms with Crippen LogP contribution in [0.25, 0.3) is 0 Å². The topological polar surface area (TPSA) is 40.5 Å². The molecule has 6 atom stereocenters. The summed E-state index contributed by atoms with van der Waals surface area (Å²) >= 11 is 0. The molecule has 1 saturated heterocycles. The number of ketones is 1. The molecule has 1 heterocycles. The van der Waals surface area contributed by atoms with Crippen molar-refractivity contribution in [2.75, 3.05) is 13.6 Å². The molecular weight excluding hydrogens is 274 g/mol. The van der Waals surface area contributed by atoms with Crippen molar-refractivity contribution in [3.8, 4) is 0 Å². The van der Waals surface area contributed by atoms with Crippen LogP contribution >= 0.6 is 0 Å². The standard InChI is InChI=1S/C19H27NO2/c1-18-8-6-12(21)10-16(18)20(3)11-13-14-4-5-17(22)19(14,2)9-7-15(13)18/h6,8,10,13-15,17,22H,4-5,7,9,11H2,1-3H3/t13-,14-,15+,17?,18+,19-/m0/s1. The summed E-state index contributed by atoms with van der Waals surface area (Å²) in [6, 6.07) is 0. The van der Waals surface area contributed by atoms with Crippen LogP contribution in [0.15, 0.2) is 23.9 Å². The predicted molar refractivity (Wildman–Crippen MR) is 86.0 cm³/mol. The monoisotopic (exact) mass is 301 g/mol. The number of hydrogen-bond donors (Lipinski definition) is 1. The zero-order valence-electron chi connectivity index (χ0n) is 13.9. The molecule has 4 aliphatic rings. The highest BCUT2D eigenvalue weighted by Gasteiger charge is 2.59. The van der Waals surface area contributed by atoms with E-state index in [2.05, 4.69) is 31.9 Å². The van der Waals surface area contributed by atoms with Gasteiger partial charge in [0.15, 0.2) is 5.78 Å². The molecule has 1 N–H and O–H groups in total. The second-order valence-electron chi connectivity index (χ2n) is 8.44. The van der Waals surface area contributed by atoms with Crippen LogP contribution in [0.5, 0.6) is 0 Å². The van der Waals surface area contributed by atoms with Crippen LogP contribution in [0, 0.1) is 28.6 Å². The van der Waals surface area contributed by atoms with Gasteiger partial charge in [-0.2, -0.15) is 0 Å². The van der Waals surface area contributed by atoms with Crippen LogP contribution in [-0.4, -0.2) is 35.5 Å². The van der Waals surface area contributed by atoms with Crippen LogP contribution in [0.3, 0.4) is 0 Å². The number of aliphatic hydroxyl groups is 1. The zero-order chi connectivity index (χ0) is 15.7. The lowest BCUT2D eigenvalue weighted by molar-refractivity contribution is -0.111. The van der Waals surface area contributed by atoms with Crippen LogP contribution in [-0.2, 0) is 4.79 Å². The van der Waals surface area contributed by atoms with Gasteiger partial charge in [-0.1, -0.05) is 19.9 Å². The van der Waals surface area contributed by atoms with Crippen molar-refractivity contribution in [3.05, 3.63) is 23.9 Å². The Bertz CT molecular complexity index is 580. The van der Waals surface area contributed by atoms with E-state index < -0.39 is 0 Å². The quantitative estimate of drug-likeness (QED) is 0.748. The third kappa shape index (κ3) is 1.69. The van der Waals surface area contributed by atoms with Gasteiger partial charge >= 0.3 is 0 Å². The van der Waals surface area contributed by atoms with Gasteiger partial charge in [0, 0.05) is 30.8 Å². The molecule has 0 spiro atoms. The number of aliphatic hydroxyl groups excluding tert-OH is 1. The SMILES string of the molecule is CN1C[C@@H]2[C@@H](CC[C@]3(C)C(O)CC[C@@H]23)[C@@]2(C)C=CC(=O)C=C12. The average molecular weight is 301 g/mol. The fourth-order valence-corrected chi connectivity index (χ4v) is 6.19. The van der Waals surface area contributed by atoms with E-state index in [4.69, 9.17) is 0 Å². The molecule has 0 aromatic carbocycles. The van der Waals surface area contributed by atoms with E-state index in [1.807, 2.05) is 6.08 Å². The number of allylic oxidation sites excluding steroid dienone is 3. The number of carbonyl (C=O) groups excluding carboxylic acids is 1. The molecule has 0 radical (unpaired) electrons. The minimum Gasteiger partial charge on any atom is -0.393 e. The van der Waals surface area contributed by atoms with E-state index in [9.17, 15) is 9.90 Å². The molecule has 1 unspecified atom stereocenters. The second-order valence-corrected chi connectivity index (χ2v) is 8.44. The summed E-state index contributed by atoms with van der Waals surface area (Å²) in [5.74, 6) is 1.96. The van der Waals surface area contributed by atoms with Crippen LogP contribution in [0.2, 0.25) is 0 Å². The van der Waals surface area contributed by atoms with Crippen LogP contribution < -0.4 is 0 Å². The molecule has 0 amide bonds. The zero-order valence-corrected chi connectivity index (χ0v) is 13.9. The van der Waals surface area contributed by atoms with Gasteiger partial charge in [0.05, 0.1) is 6.10 Å². The Morgan fingerprint density at radius 1 is 1.23 bits per heavy atom. The maximum absolute atomic E-state index is 11.8. The summed E-state index contributed by atoms with van der Waals surface area (Å²) < 4.78 is 0. The largest absolute Gasteiger partial charge is 0.393 e. The summed E-state index contributed by atoms with van der Waals surface area (Å²) in [5.41, 5.74) is 1.29. The summed E-state index contributed by atoms with van der Waals surface area (Å²) in [7, 11) is 2.13. The summed E-state index contributed by atoms with van der Waals surface area (Å²) in [5, 5.41) is 10.5. The van der Waals surface area contributed by atoms with E-state index >= 15 is 0 Å². The Morgan fingerprint density at radius 2 is 2.00 bits per heavy atom. The Labute approximate surface area is 133 Å². The first-order valence-corrected chi connectivity index (χ1v) is 8.71. The Balaban J connectivity index is 1.74. The summed E-state index contributed by atoms with van der Waals surface area (Å²) in [4.78, 5) is 14.1. The molecule has 0 bridgehead atoms. The first kappa shape index (κ1) is 14.5. The molecule has 22 heavy (non-hydrogen) atoms. The van der Waals surface area contributed by atoms with E-state index in [1.54, 1.807) is 6.08 Å². The summed E-state index contributed by atoms with van der Waals surface area (Å²) in [6.45, 7) is 5.64. The lowest BCUT2D eigenvalue weighted by Gasteiger charge is -2.58. The number of nitrogens with zero attached hydrogens (tertiary/aromatic N) is 1. The van der Waals surface area contributed by atoms with Gasteiger partial charge in [-0.25, -0.2) is 0 Å². The molecule has 1 aliphatic heterocycles. The van der Waals surface area contributed by atoms with Crippen molar-refractivity contribution in [1.82, 2.24) is 4.90 Å². The molecule has 0 aromatic rings. The first-order chi connectivity index (χ1) is 10.4. The van der Waals surface area contributed by atoms with Crippen molar-refractivity contribution in [1.29, 1.82) is 0 Å². The number of piperidine rings is 1. The second kappa shape index (κ2) is 4.47. The maximum Gasteiger partial charge on any atom is 0.180 e. The van der Waals surface area contributed by atoms with Crippen molar-refractivity contribution in [2.45, 2.75) is 45.6 Å². The minimum absolute atomic E-state index is 0.0134. The van der Waals surface area contributed by atoms with Gasteiger partial charge in [-0.05, 0) is 54.9 Å². The molecule has 4 rings (SSSR count). The number of hydrogen-bond acceptors (Lipinski definition) is 3. The number of likely N-dealkylation sites (tertiary alicyclic amines) is 1. The third-order valence-corrected chi connectivity index (χ3v) is 7.48. The lowest BCUT2D eigenvalue weighted by atomic mass is 9.51. The van der Waals surface area contributed by atoms with Crippen molar-refractivity contribution < 1.29 is 9.90 Å². The Hall–Kier alpha value is -1.09. The molecule has 3 nitrogen and oxygen atoms in total. The molecule has 3 aliphatic carbocycles. The highest BCUT2D eigenvalue weighted by Crippen LogP contribution is 2.62. The van der Waals surface area contributed by atoms with Gasteiger partial charge in [0.2, 0.25) is 0 Å². The van der Waals surface area contributed by atoms with Gasteiger partial charge < -0.3 is 10.0 Å². The Kier molecular flexibility index (Phi) is 2.95.